The summed E-state index contributed by atoms with van der Waals surface area (Å²) < 4.78 is 0. The SMILES string of the molecule is CC(C)c1nc2ccc(NC(=O)CCCC[C@@H]3SC[C@@H]4NC(=O)N[C@@H]43)cc2[nH]1. The molecule has 2 aliphatic rings. The molecule has 3 atom stereocenters. The van der Waals surface area contributed by atoms with E-state index in [9.17, 15) is 9.59 Å². The lowest BCUT2D eigenvalue weighted by Crippen LogP contribution is -2.36. The molecule has 3 heterocycles. The smallest absolute Gasteiger partial charge is 0.315 e. The molecule has 1 aromatic heterocycles. The first-order chi connectivity index (χ1) is 13.5. The van der Waals surface area contributed by atoms with Crippen LogP contribution in [0.1, 0.15) is 51.3 Å². The number of unbranched alkanes of at least 4 members (excludes halogenated alkanes) is 1. The van der Waals surface area contributed by atoms with E-state index in [1.807, 2.05) is 30.0 Å². The number of aromatic nitrogens is 2. The average Bonchev–Trinajstić information content (AvgIpc) is 3.32. The van der Waals surface area contributed by atoms with E-state index in [-0.39, 0.29) is 24.0 Å². The van der Waals surface area contributed by atoms with Gasteiger partial charge in [0, 0.05) is 29.0 Å². The number of urea groups is 1. The molecule has 3 amide bonds. The van der Waals surface area contributed by atoms with Crippen LogP contribution in [0.4, 0.5) is 10.5 Å². The molecule has 2 saturated heterocycles. The molecule has 0 aliphatic carbocycles. The number of benzene rings is 1. The summed E-state index contributed by atoms with van der Waals surface area (Å²) in [7, 11) is 0. The van der Waals surface area contributed by atoms with Gasteiger partial charge in [0.05, 0.1) is 23.1 Å². The number of hydrogen-bond donors (Lipinski definition) is 4. The number of thioether (sulfide) groups is 1. The van der Waals surface area contributed by atoms with Crippen molar-refractivity contribution in [1.82, 2.24) is 20.6 Å². The van der Waals surface area contributed by atoms with Crippen LogP contribution < -0.4 is 16.0 Å². The molecule has 4 rings (SSSR count). The number of amides is 3. The van der Waals surface area contributed by atoms with Gasteiger partial charge in [0.1, 0.15) is 5.82 Å². The summed E-state index contributed by atoms with van der Waals surface area (Å²) >= 11 is 1.92. The van der Waals surface area contributed by atoms with Crippen molar-refractivity contribution < 1.29 is 9.59 Å². The van der Waals surface area contributed by atoms with Crippen molar-refractivity contribution in [2.75, 3.05) is 11.1 Å². The van der Waals surface area contributed by atoms with Crippen LogP contribution in [-0.2, 0) is 4.79 Å². The molecule has 1 aromatic carbocycles. The van der Waals surface area contributed by atoms with E-state index in [1.54, 1.807) is 0 Å². The molecule has 8 heteroatoms. The molecule has 0 radical (unpaired) electrons. The number of rotatable bonds is 7. The van der Waals surface area contributed by atoms with Crippen LogP contribution in [-0.4, -0.2) is 45.0 Å². The predicted octanol–water partition coefficient (Wildman–Crippen LogP) is 3.35. The fourth-order valence-corrected chi connectivity index (χ4v) is 5.42. The largest absolute Gasteiger partial charge is 0.342 e. The van der Waals surface area contributed by atoms with Gasteiger partial charge in [0.2, 0.25) is 5.91 Å². The van der Waals surface area contributed by atoms with E-state index >= 15 is 0 Å². The molecule has 2 aliphatic heterocycles. The number of imidazole rings is 1. The second kappa shape index (κ2) is 8.03. The Labute approximate surface area is 168 Å². The summed E-state index contributed by atoms with van der Waals surface area (Å²) in [6.45, 7) is 4.20. The van der Waals surface area contributed by atoms with Gasteiger partial charge in [-0.25, -0.2) is 9.78 Å². The van der Waals surface area contributed by atoms with Gasteiger partial charge in [-0.2, -0.15) is 11.8 Å². The van der Waals surface area contributed by atoms with E-state index in [0.717, 1.165) is 47.6 Å². The van der Waals surface area contributed by atoms with Crippen molar-refractivity contribution in [3.63, 3.8) is 0 Å². The normalized spacial score (nSPS) is 23.7. The summed E-state index contributed by atoms with van der Waals surface area (Å²) in [5, 5.41) is 9.41. The minimum atomic E-state index is -0.0468. The van der Waals surface area contributed by atoms with E-state index in [1.165, 1.54) is 0 Å². The second-order valence-electron chi connectivity index (χ2n) is 7.92. The topological polar surface area (TPSA) is 98.9 Å². The van der Waals surface area contributed by atoms with E-state index in [0.29, 0.717) is 17.6 Å². The highest BCUT2D eigenvalue weighted by Crippen LogP contribution is 2.33. The maximum absolute atomic E-state index is 12.3. The lowest BCUT2D eigenvalue weighted by atomic mass is 10.0. The van der Waals surface area contributed by atoms with Crippen LogP contribution >= 0.6 is 11.8 Å². The van der Waals surface area contributed by atoms with Crippen molar-refractivity contribution in [3.8, 4) is 0 Å². The molecule has 4 N–H and O–H groups in total. The molecule has 0 bridgehead atoms. The fraction of sp³-hybridized carbons (Fsp3) is 0.550. The van der Waals surface area contributed by atoms with Gasteiger partial charge in [0.15, 0.2) is 0 Å². The van der Waals surface area contributed by atoms with Crippen LogP contribution in [0, 0.1) is 0 Å². The zero-order valence-electron chi connectivity index (χ0n) is 16.2. The third-order valence-electron chi connectivity index (χ3n) is 5.41. The van der Waals surface area contributed by atoms with Crippen LogP contribution in [0.3, 0.4) is 0 Å². The Bertz CT molecular complexity index is 881. The number of hydrogen-bond acceptors (Lipinski definition) is 4. The van der Waals surface area contributed by atoms with Gasteiger partial charge in [0.25, 0.3) is 0 Å². The number of aromatic amines is 1. The summed E-state index contributed by atoms with van der Waals surface area (Å²) in [5.41, 5.74) is 2.66. The number of nitrogens with one attached hydrogen (secondary N) is 4. The first kappa shape index (κ1) is 19.1. The maximum Gasteiger partial charge on any atom is 0.315 e. The molecular weight excluding hydrogens is 374 g/mol. The Morgan fingerprint density at radius 1 is 1.32 bits per heavy atom. The molecule has 28 heavy (non-hydrogen) atoms. The van der Waals surface area contributed by atoms with Gasteiger partial charge in [-0.3, -0.25) is 4.79 Å². The molecule has 0 unspecified atom stereocenters. The number of carbonyl (C=O) groups is 2. The van der Waals surface area contributed by atoms with Gasteiger partial charge < -0.3 is 20.9 Å². The molecule has 150 valence electrons. The number of H-pyrrole nitrogens is 1. The minimum absolute atomic E-state index is 0.0377. The summed E-state index contributed by atoms with van der Waals surface area (Å²) in [4.78, 5) is 31.6. The maximum atomic E-state index is 12.3. The van der Waals surface area contributed by atoms with Crippen LogP contribution in [0.5, 0.6) is 0 Å². The Balaban J connectivity index is 1.22. The van der Waals surface area contributed by atoms with Crippen LogP contribution in [0.2, 0.25) is 0 Å². The second-order valence-corrected chi connectivity index (χ2v) is 9.20. The van der Waals surface area contributed by atoms with Crippen molar-refractivity contribution in [3.05, 3.63) is 24.0 Å². The lowest BCUT2D eigenvalue weighted by molar-refractivity contribution is -0.116. The van der Waals surface area contributed by atoms with Crippen molar-refractivity contribution in [2.45, 2.75) is 62.8 Å². The number of carbonyl (C=O) groups excluding carboxylic acids is 2. The van der Waals surface area contributed by atoms with Crippen molar-refractivity contribution in [1.29, 1.82) is 0 Å². The lowest BCUT2D eigenvalue weighted by Gasteiger charge is -2.16. The van der Waals surface area contributed by atoms with Crippen LogP contribution in [0.15, 0.2) is 18.2 Å². The first-order valence-electron chi connectivity index (χ1n) is 9.98. The Kier molecular flexibility index (Phi) is 5.48. The quantitative estimate of drug-likeness (QED) is 0.422. The fourth-order valence-electron chi connectivity index (χ4n) is 3.88. The number of anilines is 1. The highest BCUT2D eigenvalue weighted by atomic mass is 32.2. The highest BCUT2D eigenvalue weighted by molar-refractivity contribution is 8.00. The monoisotopic (exact) mass is 401 g/mol. The Hall–Kier alpha value is -2.22. The van der Waals surface area contributed by atoms with E-state index < -0.39 is 0 Å². The zero-order valence-corrected chi connectivity index (χ0v) is 17.1. The van der Waals surface area contributed by atoms with Gasteiger partial charge in [-0.15, -0.1) is 0 Å². The van der Waals surface area contributed by atoms with Gasteiger partial charge in [-0.05, 0) is 31.0 Å². The molecule has 2 aromatic rings. The van der Waals surface area contributed by atoms with Crippen LogP contribution in [0.25, 0.3) is 11.0 Å². The molecule has 0 saturated carbocycles. The first-order valence-corrected chi connectivity index (χ1v) is 11.0. The average molecular weight is 402 g/mol. The number of nitrogens with zero attached hydrogens (tertiary/aromatic N) is 1. The summed E-state index contributed by atoms with van der Waals surface area (Å²) in [6.07, 6.45) is 3.38. The summed E-state index contributed by atoms with van der Waals surface area (Å²) in [5.74, 6) is 2.31. The zero-order chi connectivity index (χ0) is 19.7. The Morgan fingerprint density at radius 2 is 2.18 bits per heavy atom. The Morgan fingerprint density at radius 3 is 3.00 bits per heavy atom. The predicted molar refractivity (Wildman–Crippen MR) is 113 cm³/mol. The van der Waals surface area contributed by atoms with Crippen molar-refractivity contribution in [2.24, 2.45) is 0 Å². The molecular formula is C20H27N5O2S. The third-order valence-corrected chi connectivity index (χ3v) is 6.92. The molecule has 7 nitrogen and oxygen atoms in total. The van der Waals surface area contributed by atoms with Gasteiger partial charge in [-0.1, -0.05) is 20.3 Å². The highest BCUT2D eigenvalue weighted by Gasteiger charge is 2.42. The minimum Gasteiger partial charge on any atom is -0.342 e. The third kappa shape index (κ3) is 4.11. The molecule has 2 fully saturated rings. The van der Waals surface area contributed by atoms with E-state index in [2.05, 4.69) is 39.8 Å². The summed E-state index contributed by atoms with van der Waals surface area (Å²) in [6, 6.07) is 6.23. The van der Waals surface area contributed by atoms with Gasteiger partial charge >= 0.3 is 6.03 Å². The number of fused-ring (bicyclic) bond motifs is 2. The van der Waals surface area contributed by atoms with E-state index in [4.69, 9.17) is 0 Å². The van der Waals surface area contributed by atoms with Crippen molar-refractivity contribution >= 4 is 40.4 Å². The standard InChI is InChI=1S/C20H27N5O2S/c1-11(2)19-22-13-8-7-12(9-14(13)23-19)21-17(26)6-4-3-5-16-18-15(10-28-16)24-20(27)25-18/h7-9,11,15-16,18H,3-6,10H2,1-2H3,(H,21,26)(H,22,23)(H2,24,25,27)/t15-,16-,18-/m0/s1. The molecule has 0 spiro atoms.